The Kier molecular flexibility index (Phi) is 6.35. The molecule has 1 atom stereocenters. The molecule has 0 aromatic heterocycles. The molecular weight excluding hydrogens is 272 g/mol. The van der Waals surface area contributed by atoms with E-state index in [0.29, 0.717) is 11.1 Å². The first-order valence-corrected chi connectivity index (χ1v) is 8.08. The number of carbonyl (C=O) groups is 1. The zero-order chi connectivity index (χ0) is 15.8. The Morgan fingerprint density at radius 3 is 2.27 bits per heavy atom. The number of rotatable bonds is 8. The maximum atomic E-state index is 12.3. The first-order chi connectivity index (χ1) is 10.7. The average molecular weight is 296 g/mol. The molecular formula is C20H24O2. The summed E-state index contributed by atoms with van der Waals surface area (Å²) in [5, 5.41) is 10.2. The van der Waals surface area contributed by atoms with Crippen LogP contribution in [-0.2, 0) is 6.42 Å². The molecule has 0 aliphatic heterocycles. The van der Waals surface area contributed by atoms with Crippen LogP contribution in [0.5, 0.6) is 0 Å². The van der Waals surface area contributed by atoms with Gasteiger partial charge in [0.15, 0.2) is 5.78 Å². The van der Waals surface area contributed by atoms with Crippen LogP contribution < -0.4 is 0 Å². The minimum absolute atomic E-state index is 0.247. The first-order valence-electron chi connectivity index (χ1n) is 8.08. The lowest BCUT2D eigenvalue weighted by Gasteiger charge is -2.10. The van der Waals surface area contributed by atoms with Crippen LogP contribution in [0.15, 0.2) is 54.6 Å². The summed E-state index contributed by atoms with van der Waals surface area (Å²) in [7, 11) is 0. The zero-order valence-corrected chi connectivity index (χ0v) is 13.2. The number of aryl methyl sites for hydroxylation is 1. The number of carbonyl (C=O) groups excluding carboxylic acids is 1. The van der Waals surface area contributed by atoms with E-state index in [1.807, 2.05) is 42.5 Å². The van der Waals surface area contributed by atoms with Crippen molar-refractivity contribution in [3.63, 3.8) is 0 Å². The van der Waals surface area contributed by atoms with Crippen molar-refractivity contribution < 1.29 is 9.90 Å². The van der Waals surface area contributed by atoms with Crippen molar-refractivity contribution in [3.05, 3.63) is 71.3 Å². The Morgan fingerprint density at radius 2 is 1.64 bits per heavy atom. The van der Waals surface area contributed by atoms with E-state index in [2.05, 4.69) is 6.92 Å². The summed E-state index contributed by atoms with van der Waals surface area (Å²) < 4.78 is 0. The van der Waals surface area contributed by atoms with Crippen LogP contribution >= 0.6 is 0 Å². The van der Waals surface area contributed by atoms with Gasteiger partial charge < -0.3 is 5.11 Å². The molecule has 0 spiro atoms. The van der Waals surface area contributed by atoms with Gasteiger partial charge in [-0.1, -0.05) is 80.8 Å². The summed E-state index contributed by atoms with van der Waals surface area (Å²) in [6, 6.07) is 16.7. The SMILES string of the molecule is CCCCCCc1ccc(C(=O)C(O)c2ccccc2)cc1. The standard InChI is InChI=1S/C20H24O2/c1-2-3-4-6-9-16-12-14-18(15-13-16)20(22)19(21)17-10-7-5-8-11-17/h5,7-8,10-15,19,21H,2-4,6,9H2,1H3. The molecule has 0 saturated heterocycles. The monoisotopic (exact) mass is 296 g/mol. The van der Waals surface area contributed by atoms with Crippen molar-refractivity contribution in [3.8, 4) is 0 Å². The first kappa shape index (κ1) is 16.4. The van der Waals surface area contributed by atoms with Gasteiger partial charge in [-0.15, -0.1) is 0 Å². The lowest BCUT2D eigenvalue weighted by Crippen LogP contribution is -2.12. The Balaban J connectivity index is 1.96. The van der Waals surface area contributed by atoms with Gasteiger partial charge in [-0.3, -0.25) is 4.79 Å². The molecule has 2 heteroatoms. The number of Topliss-reactive ketones (excluding diaryl/α,β-unsaturated/α-hetero) is 1. The molecule has 1 N–H and O–H groups in total. The largest absolute Gasteiger partial charge is 0.380 e. The summed E-state index contributed by atoms with van der Waals surface area (Å²) >= 11 is 0. The highest BCUT2D eigenvalue weighted by atomic mass is 16.3. The molecule has 2 aromatic carbocycles. The minimum atomic E-state index is -1.09. The minimum Gasteiger partial charge on any atom is -0.380 e. The molecule has 2 rings (SSSR count). The second-order valence-corrected chi connectivity index (χ2v) is 5.69. The third kappa shape index (κ3) is 4.54. The molecule has 0 aliphatic carbocycles. The second kappa shape index (κ2) is 8.50. The van der Waals surface area contributed by atoms with E-state index in [-0.39, 0.29) is 5.78 Å². The molecule has 116 valence electrons. The van der Waals surface area contributed by atoms with E-state index < -0.39 is 6.10 Å². The second-order valence-electron chi connectivity index (χ2n) is 5.69. The van der Waals surface area contributed by atoms with Crippen molar-refractivity contribution in [2.45, 2.75) is 45.1 Å². The average Bonchev–Trinajstić information content (AvgIpc) is 2.59. The highest BCUT2D eigenvalue weighted by Gasteiger charge is 2.18. The third-order valence-corrected chi connectivity index (χ3v) is 3.92. The Labute approximate surface area is 132 Å². The van der Waals surface area contributed by atoms with E-state index in [1.165, 1.54) is 31.2 Å². The molecule has 0 radical (unpaired) electrons. The molecule has 2 nitrogen and oxygen atoms in total. The summed E-state index contributed by atoms with van der Waals surface area (Å²) in [6.07, 6.45) is 4.93. The number of hydrogen-bond acceptors (Lipinski definition) is 2. The number of aliphatic hydroxyl groups is 1. The smallest absolute Gasteiger partial charge is 0.195 e. The summed E-state index contributed by atoms with van der Waals surface area (Å²) in [5.41, 5.74) is 2.45. The van der Waals surface area contributed by atoms with Crippen LogP contribution in [0.25, 0.3) is 0 Å². The molecule has 0 bridgehead atoms. The van der Waals surface area contributed by atoms with Crippen LogP contribution in [0.1, 0.15) is 60.2 Å². The van der Waals surface area contributed by atoms with Crippen molar-refractivity contribution in [2.75, 3.05) is 0 Å². The van der Waals surface area contributed by atoms with Crippen molar-refractivity contribution in [1.29, 1.82) is 0 Å². The summed E-state index contributed by atoms with van der Waals surface area (Å²) in [4.78, 5) is 12.3. The van der Waals surface area contributed by atoms with Gasteiger partial charge in [-0.2, -0.15) is 0 Å². The topological polar surface area (TPSA) is 37.3 Å². The van der Waals surface area contributed by atoms with Gasteiger partial charge in [-0.05, 0) is 24.0 Å². The molecule has 0 aliphatic rings. The lowest BCUT2D eigenvalue weighted by molar-refractivity contribution is 0.0747. The van der Waals surface area contributed by atoms with Crippen LogP contribution in [0.3, 0.4) is 0 Å². The van der Waals surface area contributed by atoms with Crippen molar-refractivity contribution in [1.82, 2.24) is 0 Å². The predicted octanol–water partition coefficient (Wildman–Crippen LogP) is 4.73. The maximum Gasteiger partial charge on any atom is 0.195 e. The highest BCUT2D eigenvalue weighted by molar-refractivity contribution is 5.99. The van der Waals surface area contributed by atoms with E-state index in [1.54, 1.807) is 12.1 Å². The van der Waals surface area contributed by atoms with Gasteiger partial charge in [0.1, 0.15) is 6.10 Å². The third-order valence-electron chi connectivity index (χ3n) is 3.92. The molecule has 0 amide bonds. The van der Waals surface area contributed by atoms with Gasteiger partial charge in [0.2, 0.25) is 0 Å². The fourth-order valence-corrected chi connectivity index (χ4v) is 2.54. The Hall–Kier alpha value is -1.93. The lowest BCUT2D eigenvalue weighted by atomic mass is 9.98. The molecule has 22 heavy (non-hydrogen) atoms. The normalized spacial score (nSPS) is 12.1. The molecule has 1 unspecified atom stereocenters. The van der Waals surface area contributed by atoms with Crippen LogP contribution in [0, 0.1) is 0 Å². The quantitative estimate of drug-likeness (QED) is 0.565. The van der Waals surface area contributed by atoms with Crippen molar-refractivity contribution in [2.24, 2.45) is 0 Å². The Morgan fingerprint density at radius 1 is 0.955 bits per heavy atom. The van der Waals surface area contributed by atoms with E-state index in [9.17, 15) is 9.90 Å². The van der Waals surface area contributed by atoms with Gasteiger partial charge in [0, 0.05) is 5.56 Å². The summed E-state index contributed by atoms with van der Waals surface area (Å²) in [6.45, 7) is 2.21. The van der Waals surface area contributed by atoms with Gasteiger partial charge in [-0.25, -0.2) is 0 Å². The van der Waals surface area contributed by atoms with Crippen molar-refractivity contribution >= 4 is 5.78 Å². The van der Waals surface area contributed by atoms with Crippen LogP contribution in [0.4, 0.5) is 0 Å². The molecule has 2 aromatic rings. The molecule has 0 saturated carbocycles. The fraction of sp³-hybridized carbons (Fsp3) is 0.350. The summed E-state index contributed by atoms with van der Waals surface area (Å²) in [5.74, 6) is -0.247. The number of benzene rings is 2. The number of hydrogen-bond donors (Lipinski definition) is 1. The number of unbranched alkanes of at least 4 members (excludes halogenated alkanes) is 3. The van der Waals surface area contributed by atoms with E-state index in [4.69, 9.17) is 0 Å². The number of aliphatic hydroxyl groups excluding tert-OH is 1. The van der Waals surface area contributed by atoms with Gasteiger partial charge in [0.05, 0.1) is 0 Å². The fourth-order valence-electron chi connectivity index (χ4n) is 2.54. The van der Waals surface area contributed by atoms with E-state index in [0.717, 1.165) is 6.42 Å². The zero-order valence-electron chi connectivity index (χ0n) is 13.2. The Bertz CT molecular complexity index is 572. The van der Waals surface area contributed by atoms with Crippen LogP contribution in [0.2, 0.25) is 0 Å². The van der Waals surface area contributed by atoms with E-state index >= 15 is 0 Å². The predicted molar refractivity (Wildman–Crippen MR) is 90.0 cm³/mol. The van der Waals surface area contributed by atoms with Crippen LogP contribution in [-0.4, -0.2) is 10.9 Å². The maximum absolute atomic E-state index is 12.3. The highest BCUT2D eigenvalue weighted by Crippen LogP contribution is 2.19. The number of ketones is 1. The van der Waals surface area contributed by atoms with Gasteiger partial charge >= 0.3 is 0 Å². The van der Waals surface area contributed by atoms with Gasteiger partial charge in [0.25, 0.3) is 0 Å². The molecule has 0 fully saturated rings. The molecule has 0 heterocycles.